The van der Waals surface area contributed by atoms with Gasteiger partial charge in [-0.05, 0) is 20.8 Å². The van der Waals surface area contributed by atoms with Crippen molar-refractivity contribution in [3.8, 4) is 0 Å². The van der Waals surface area contributed by atoms with Gasteiger partial charge in [0, 0.05) is 37.8 Å². The minimum absolute atomic E-state index is 0.273. The molecule has 1 aliphatic heterocycles. The van der Waals surface area contributed by atoms with E-state index in [0.29, 0.717) is 12.1 Å². The van der Waals surface area contributed by atoms with Crippen LogP contribution in [0.15, 0.2) is 0 Å². The predicted octanol–water partition coefficient (Wildman–Crippen LogP) is 0.0158. The predicted molar refractivity (Wildman–Crippen MR) is 52.1 cm³/mol. The molecule has 0 radical (unpaired) electrons. The second kappa shape index (κ2) is 4.21. The van der Waals surface area contributed by atoms with Gasteiger partial charge in [-0.25, -0.2) is 0 Å². The third-order valence-electron chi connectivity index (χ3n) is 2.74. The first-order chi connectivity index (χ1) is 5.61. The molecule has 0 bridgehead atoms. The smallest absolute Gasteiger partial charge is 0.0217 e. The van der Waals surface area contributed by atoms with Crippen LogP contribution in [0.3, 0.4) is 0 Å². The fourth-order valence-corrected chi connectivity index (χ4v) is 1.66. The van der Waals surface area contributed by atoms with Gasteiger partial charge in [0.25, 0.3) is 0 Å². The highest BCUT2D eigenvalue weighted by molar-refractivity contribution is 4.82. The lowest BCUT2D eigenvalue weighted by molar-refractivity contribution is 0.144. The van der Waals surface area contributed by atoms with E-state index >= 15 is 0 Å². The maximum atomic E-state index is 5.85. The largest absolute Gasteiger partial charge is 0.327 e. The number of rotatable bonds is 2. The summed E-state index contributed by atoms with van der Waals surface area (Å²) in [6.45, 7) is 9.87. The van der Waals surface area contributed by atoms with Crippen LogP contribution in [0.1, 0.15) is 20.8 Å². The minimum atomic E-state index is 0.273. The summed E-state index contributed by atoms with van der Waals surface area (Å²) >= 11 is 0. The van der Waals surface area contributed by atoms with Gasteiger partial charge in [0.15, 0.2) is 0 Å². The molecule has 1 heterocycles. The molecular formula is C9H21N3. The Labute approximate surface area is 75.3 Å². The Bertz CT molecular complexity index is 136. The van der Waals surface area contributed by atoms with Crippen LogP contribution in [-0.4, -0.2) is 42.7 Å². The van der Waals surface area contributed by atoms with Gasteiger partial charge >= 0.3 is 0 Å². The maximum absolute atomic E-state index is 5.85. The van der Waals surface area contributed by atoms with Crippen LogP contribution >= 0.6 is 0 Å². The van der Waals surface area contributed by atoms with Crippen molar-refractivity contribution in [3.05, 3.63) is 0 Å². The molecule has 0 aromatic rings. The number of hydrogen-bond acceptors (Lipinski definition) is 3. The number of nitrogens with zero attached hydrogens (tertiary/aromatic N) is 1. The lowest BCUT2D eigenvalue weighted by atomic mass is 10.1. The van der Waals surface area contributed by atoms with Gasteiger partial charge in [-0.3, -0.25) is 4.90 Å². The molecule has 12 heavy (non-hydrogen) atoms. The molecule has 72 valence electrons. The van der Waals surface area contributed by atoms with Crippen LogP contribution in [0.5, 0.6) is 0 Å². The van der Waals surface area contributed by atoms with Gasteiger partial charge in [0.2, 0.25) is 0 Å². The molecule has 1 rings (SSSR count). The van der Waals surface area contributed by atoms with E-state index in [1.165, 1.54) is 0 Å². The monoisotopic (exact) mass is 171 g/mol. The molecule has 0 amide bonds. The third-order valence-corrected chi connectivity index (χ3v) is 2.74. The first-order valence-corrected chi connectivity index (χ1v) is 4.84. The molecular weight excluding hydrogens is 150 g/mol. The molecule has 0 aliphatic carbocycles. The van der Waals surface area contributed by atoms with Crippen LogP contribution in [0.25, 0.3) is 0 Å². The summed E-state index contributed by atoms with van der Waals surface area (Å²) in [4.78, 5) is 2.46. The summed E-state index contributed by atoms with van der Waals surface area (Å²) in [6.07, 6.45) is 0. The van der Waals surface area contributed by atoms with Crippen molar-refractivity contribution in [2.24, 2.45) is 5.73 Å². The quantitative estimate of drug-likeness (QED) is 0.615. The number of piperazine rings is 1. The van der Waals surface area contributed by atoms with Crippen LogP contribution in [0, 0.1) is 0 Å². The van der Waals surface area contributed by atoms with Crippen LogP contribution in [0.4, 0.5) is 0 Å². The Balaban J connectivity index is 2.40. The summed E-state index contributed by atoms with van der Waals surface area (Å²) in [6, 6.07) is 1.39. The molecule has 3 nitrogen and oxygen atoms in total. The van der Waals surface area contributed by atoms with Crippen LogP contribution in [-0.2, 0) is 0 Å². The maximum Gasteiger partial charge on any atom is 0.0217 e. The molecule has 3 heteroatoms. The van der Waals surface area contributed by atoms with Crippen molar-refractivity contribution < 1.29 is 0 Å². The van der Waals surface area contributed by atoms with Crippen LogP contribution < -0.4 is 11.1 Å². The highest BCUT2D eigenvalue weighted by Crippen LogP contribution is 2.06. The highest BCUT2D eigenvalue weighted by Gasteiger charge is 2.22. The third kappa shape index (κ3) is 2.44. The zero-order chi connectivity index (χ0) is 9.14. The SMILES string of the molecule is CC([C@H](C)N)N1CCN[C@H](C)C1. The Morgan fingerprint density at radius 3 is 2.67 bits per heavy atom. The Morgan fingerprint density at radius 1 is 1.50 bits per heavy atom. The van der Waals surface area contributed by atoms with Crippen molar-refractivity contribution >= 4 is 0 Å². The van der Waals surface area contributed by atoms with E-state index < -0.39 is 0 Å². The van der Waals surface area contributed by atoms with Crippen LogP contribution in [0.2, 0.25) is 0 Å². The van der Waals surface area contributed by atoms with Crippen molar-refractivity contribution in [2.75, 3.05) is 19.6 Å². The van der Waals surface area contributed by atoms with Gasteiger partial charge in [0.05, 0.1) is 0 Å². The average molecular weight is 171 g/mol. The molecule has 1 aliphatic rings. The zero-order valence-corrected chi connectivity index (χ0v) is 8.38. The summed E-state index contributed by atoms with van der Waals surface area (Å²) in [7, 11) is 0. The van der Waals surface area contributed by atoms with E-state index in [9.17, 15) is 0 Å². The van der Waals surface area contributed by atoms with E-state index in [2.05, 4.69) is 31.0 Å². The topological polar surface area (TPSA) is 41.3 Å². The van der Waals surface area contributed by atoms with Crippen molar-refractivity contribution in [1.29, 1.82) is 0 Å². The molecule has 0 aromatic carbocycles. The van der Waals surface area contributed by atoms with Gasteiger partial charge in [0.1, 0.15) is 0 Å². The molecule has 1 fully saturated rings. The lowest BCUT2D eigenvalue weighted by Crippen LogP contribution is -2.55. The molecule has 3 N–H and O–H groups in total. The summed E-state index contributed by atoms with van der Waals surface area (Å²) in [5, 5.41) is 3.42. The van der Waals surface area contributed by atoms with Crippen molar-refractivity contribution in [2.45, 2.75) is 38.9 Å². The zero-order valence-electron chi connectivity index (χ0n) is 8.38. The first-order valence-electron chi connectivity index (χ1n) is 4.84. The van der Waals surface area contributed by atoms with E-state index in [0.717, 1.165) is 19.6 Å². The molecule has 0 spiro atoms. The molecule has 1 unspecified atom stereocenters. The highest BCUT2D eigenvalue weighted by atomic mass is 15.2. The van der Waals surface area contributed by atoms with E-state index in [4.69, 9.17) is 5.73 Å². The summed E-state index contributed by atoms with van der Waals surface area (Å²) in [5.41, 5.74) is 5.85. The van der Waals surface area contributed by atoms with Gasteiger partial charge < -0.3 is 11.1 Å². The van der Waals surface area contributed by atoms with E-state index in [1.807, 2.05) is 0 Å². The number of nitrogens with two attached hydrogens (primary N) is 1. The first kappa shape index (κ1) is 9.96. The number of hydrogen-bond donors (Lipinski definition) is 2. The van der Waals surface area contributed by atoms with Gasteiger partial charge in [-0.2, -0.15) is 0 Å². The standard InChI is InChI=1S/C9H21N3/c1-7-6-12(5-4-11-7)9(3)8(2)10/h7-9,11H,4-6,10H2,1-3H3/t7-,8+,9?/m1/s1. The van der Waals surface area contributed by atoms with E-state index in [1.54, 1.807) is 0 Å². The Kier molecular flexibility index (Phi) is 3.50. The van der Waals surface area contributed by atoms with Crippen molar-refractivity contribution in [3.63, 3.8) is 0 Å². The Hall–Kier alpha value is -0.120. The van der Waals surface area contributed by atoms with Gasteiger partial charge in [-0.15, -0.1) is 0 Å². The summed E-state index contributed by atoms with van der Waals surface area (Å²) in [5.74, 6) is 0. The molecule has 0 aromatic heterocycles. The number of nitrogens with one attached hydrogen (secondary N) is 1. The second-order valence-corrected chi connectivity index (χ2v) is 3.95. The average Bonchev–Trinajstić information content (AvgIpc) is 2.03. The normalized spacial score (nSPS) is 31.5. The molecule has 0 saturated carbocycles. The molecule has 3 atom stereocenters. The second-order valence-electron chi connectivity index (χ2n) is 3.95. The van der Waals surface area contributed by atoms with E-state index in [-0.39, 0.29) is 6.04 Å². The minimum Gasteiger partial charge on any atom is -0.327 e. The van der Waals surface area contributed by atoms with Gasteiger partial charge in [-0.1, -0.05) is 0 Å². The molecule has 1 saturated heterocycles. The Morgan fingerprint density at radius 2 is 2.17 bits per heavy atom. The van der Waals surface area contributed by atoms with Crippen molar-refractivity contribution in [1.82, 2.24) is 10.2 Å². The lowest BCUT2D eigenvalue weighted by Gasteiger charge is -2.37. The fourth-order valence-electron chi connectivity index (χ4n) is 1.66. The summed E-state index contributed by atoms with van der Waals surface area (Å²) < 4.78 is 0. The fraction of sp³-hybridized carbons (Fsp3) is 1.00.